The molecule has 2 aliphatic rings. The van der Waals surface area contributed by atoms with Crippen LogP contribution >= 0.6 is 11.6 Å². The Labute approximate surface area is 171 Å². The zero-order valence-electron chi connectivity index (χ0n) is 16.8. The predicted molar refractivity (Wildman–Crippen MR) is 114 cm³/mol. The van der Waals surface area contributed by atoms with Crippen molar-refractivity contribution in [3.05, 3.63) is 75.8 Å². The largest absolute Gasteiger partial charge is 0.465 e. The van der Waals surface area contributed by atoms with Crippen LogP contribution in [0.5, 0.6) is 0 Å². The van der Waals surface area contributed by atoms with Crippen LogP contribution in [0, 0.1) is 5.92 Å². The van der Waals surface area contributed by atoms with Gasteiger partial charge in [-0.2, -0.15) is 0 Å². The molecular formula is C24H26ClNO2. The van der Waals surface area contributed by atoms with Gasteiger partial charge in [0.1, 0.15) is 0 Å². The highest BCUT2D eigenvalue weighted by Crippen LogP contribution is 2.52. The standard InChI is InChI=1S/C24H26ClNO2/c1-24(2,3)15-10-8-14(9-11-15)21-17-7-5-6-16(17)20-18(23(27)28-4)12-13-19(25)22(20)26-21/h5-6,8-13,16-17,21,26H,7H2,1-4H3/t16-,17-,21-/m1/s1. The SMILES string of the molecule is COC(=O)c1ccc(Cl)c2c1[C@@H]1C=CC[C@H]1[C@@H](c1ccc(C(C)(C)C)cc1)N2. The number of hydrogen-bond donors (Lipinski definition) is 1. The Balaban J connectivity index is 1.78. The maximum absolute atomic E-state index is 12.4. The molecule has 0 aromatic heterocycles. The Morgan fingerprint density at radius 2 is 1.86 bits per heavy atom. The Bertz CT molecular complexity index is 940. The topological polar surface area (TPSA) is 38.3 Å². The van der Waals surface area contributed by atoms with Gasteiger partial charge in [-0.05, 0) is 46.6 Å². The van der Waals surface area contributed by atoms with Crippen LogP contribution < -0.4 is 5.32 Å². The van der Waals surface area contributed by atoms with Crippen molar-refractivity contribution in [1.82, 2.24) is 0 Å². The van der Waals surface area contributed by atoms with Crippen molar-refractivity contribution >= 4 is 23.3 Å². The molecule has 4 rings (SSSR count). The van der Waals surface area contributed by atoms with E-state index in [0.29, 0.717) is 16.5 Å². The molecule has 0 spiro atoms. The van der Waals surface area contributed by atoms with Gasteiger partial charge in [0.25, 0.3) is 0 Å². The van der Waals surface area contributed by atoms with Gasteiger partial charge in [-0.1, -0.05) is 68.8 Å². The molecule has 0 unspecified atom stereocenters. The Morgan fingerprint density at radius 3 is 2.50 bits per heavy atom. The van der Waals surface area contributed by atoms with Crippen molar-refractivity contribution in [3.63, 3.8) is 0 Å². The number of carbonyl (C=O) groups excluding carboxylic acids is 1. The van der Waals surface area contributed by atoms with Crippen LogP contribution in [-0.4, -0.2) is 13.1 Å². The summed E-state index contributed by atoms with van der Waals surface area (Å²) in [7, 11) is 1.42. The van der Waals surface area contributed by atoms with Crippen LogP contribution in [0.1, 0.15) is 66.2 Å². The summed E-state index contributed by atoms with van der Waals surface area (Å²) < 4.78 is 5.01. The number of benzene rings is 2. The summed E-state index contributed by atoms with van der Waals surface area (Å²) in [6, 6.07) is 12.6. The van der Waals surface area contributed by atoms with E-state index in [1.807, 2.05) is 0 Å². The predicted octanol–water partition coefficient (Wildman–Crippen LogP) is 6.25. The number of hydrogen-bond acceptors (Lipinski definition) is 3. The molecule has 0 amide bonds. The molecule has 1 N–H and O–H groups in total. The Kier molecular flexibility index (Phi) is 4.75. The van der Waals surface area contributed by atoms with Gasteiger partial charge in [0.2, 0.25) is 0 Å². The van der Waals surface area contributed by atoms with Gasteiger partial charge >= 0.3 is 5.97 Å². The zero-order valence-corrected chi connectivity index (χ0v) is 17.5. The van der Waals surface area contributed by atoms with Crippen LogP contribution in [0.3, 0.4) is 0 Å². The lowest BCUT2D eigenvalue weighted by atomic mass is 9.75. The second kappa shape index (κ2) is 6.97. The molecule has 1 aliphatic carbocycles. The lowest BCUT2D eigenvalue weighted by Crippen LogP contribution is -2.31. The van der Waals surface area contributed by atoms with Gasteiger partial charge in [-0.15, -0.1) is 0 Å². The second-order valence-corrected chi connectivity index (χ2v) is 9.13. The molecular weight excluding hydrogens is 370 g/mol. The van der Waals surface area contributed by atoms with Gasteiger partial charge in [-0.25, -0.2) is 4.79 Å². The first-order valence-electron chi connectivity index (χ1n) is 9.75. The molecule has 0 fully saturated rings. The smallest absolute Gasteiger partial charge is 0.338 e. The minimum atomic E-state index is -0.318. The maximum Gasteiger partial charge on any atom is 0.338 e. The first kappa shape index (κ1) is 19.1. The Morgan fingerprint density at radius 1 is 1.14 bits per heavy atom. The van der Waals surface area contributed by atoms with Crippen molar-refractivity contribution in [3.8, 4) is 0 Å². The normalized spacial score (nSPS) is 23.0. The summed E-state index contributed by atoms with van der Waals surface area (Å²) in [6.07, 6.45) is 5.39. The fourth-order valence-corrected chi connectivity index (χ4v) is 4.70. The molecule has 1 aliphatic heterocycles. The summed E-state index contributed by atoms with van der Waals surface area (Å²) in [5, 5.41) is 4.29. The number of halogens is 1. The summed E-state index contributed by atoms with van der Waals surface area (Å²) in [4.78, 5) is 12.4. The number of ether oxygens (including phenoxy) is 1. The number of esters is 1. The average molecular weight is 396 g/mol. The fraction of sp³-hybridized carbons (Fsp3) is 0.375. The van der Waals surface area contributed by atoms with Crippen molar-refractivity contribution in [2.45, 2.75) is 44.6 Å². The summed E-state index contributed by atoms with van der Waals surface area (Å²) in [6.45, 7) is 6.67. The molecule has 3 atom stereocenters. The van der Waals surface area contributed by atoms with E-state index in [2.05, 4.69) is 62.5 Å². The number of nitrogens with one attached hydrogen (secondary N) is 1. The fourth-order valence-electron chi connectivity index (χ4n) is 4.48. The maximum atomic E-state index is 12.4. The Hall–Kier alpha value is -2.26. The molecule has 3 nitrogen and oxygen atoms in total. The molecule has 0 saturated carbocycles. The monoisotopic (exact) mass is 395 g/mol. The van der Waals surface area contributed by atoms with Gasteiger partial charge < -0.3 is 10.1 Å². The van der Waals surface area contributed by atoms with Crippen LogP contribution in [0.2, 0.25) is 5.02 Å². The minimum absolute atomic E-state index is 0.126. The molecule has 2 aromatic rings. The van der Waals surface area contributed by atoms with E-state index in [-0.39, 0.29) is 23.3 Å². The van der Waals surface area contributed by atoms with Gasteiger partial charge in [-0.3, -0.25) is 0 Å². The molecule has 146 valence electrons. The third-order valence-corrected chi connectivity index (χ3v) is 6.33. The van der Waals surface area contributed by atoms with E-state index in [1.54, 1.807) is 12.1 Å². The van der Waals surface area contributed by atoms with Crippen molar-refractivity contribution in [2.75, 3.05) is 12.4 Å². The van der Waals surface area contributed by atoms with Crippen molar-refractivity contribution in [1.29, 1.82) is 0 Å². The van der Waals surface area contributed by atoms with Crippen LogP contribution in [-0.2, 0) is 10.2 Å². The molecule has 1 heterocycles. The summed E-state index contributed by atoms with van der Waals surface area (Å²) >= 11 is 6.55. The number of allylic oxidation sites excluding steroid dienone is 2. The molecule has 0 radical (unpaired) electrons. The van der Waals surface area contributed by atoms with E-state index in [9.17, 15) is 4.79 Å². The lowest BCUT2D eigenvalue weighted by Gasteiger charge is -2.39. The molecule has 28 heavy (non-hydrogen) atoms. The van der Waals surface area contributed by atoms with Gasteiger partial charge in [0.05, 0.1) is 29.4 Å². The molecule has 0 bridgehead atoms. The highest BCUT2D eigenvalue weighted by Gasteiger charge is 2.41. The number of rotatable bonds is 2. The van der Waals surface area contributed by atoms with Gasteiger partial charge in [0.15, 0.2) is 0 Å². The van der Waals surface area contributed by atoms with E-state index < -0.39 is 0 Å². The van der Waals surface area contributed by atoms with Crippen molar-refractivity contribution < 1.29 is 9.53 Å². The third kappa shape index (κ3) is 3.12. The van der Waals surface area contributed by atoms with Gasteiger partial charge in [0, 0.05) is 5.92 Å². The average Bonchev–Trinajstić information content (AvgIpc) is 3.16. The third-order valence-electron chi connectivity index (χ3n) is 6.01. The number of carbonyl (C=O) groups is 1. The highest BCUT2D eigenvalue weighted by molar-refractivity contribution is 6.33. The van der Waals surface area contributed by atoms with E-state index in [4.69, 9.17) is 16.3 Å². The highest BCUT2D eigenvalue weighted by atomic mass is 35.5. The number of methoxy groups -OCH3 is 1. The van der Waals surface area contributed by atoms with E-state index >= 15 is 0 Å². The van der Waals surface area contributed by atoms with Crippen LogP contribution in [0.4, 0.5) is 5.69 Å². The summed E-state index contributed by atoms with van der Waals surface area (Å²) in [5.41, 5.74) is 5.10. The minimum Gasteiger partial charge on any atom is -0.465 e. The molecule has 0 saturated heterocycles. The number of fused-ring (bicyclic) bond motifs is 3. The number of anilines is 1. The molecule has 4 heteroatoms. The van der Waals surface area contributed by atoms with E-state index in [1.165, 1.54) is 18.2 Å². The lowest BCUT2D eigenvalue weighted by molar-refractivity contribution is 0.0598. The first-order chi connectivity index (χ1) is 13.3. The molecule has 2 aromatic carbocycles. The zero-order chi connectivity index (χ0) is 20.1. The van der Waals surface area contributed by atoms with Crippen LogP contribution in [0.15, 0.2) is 48.6 Å². The quantitative estimate of drug-likeness (QED) is 0.482. The van der Waals surface area contributed by atoms with E-state index in [0.717, 1.165) is 17.7 Å². The second-order valence-electron chi connectivity index (χ2n) is 8.72. The summed E-state index contributed by atoms with van der Waals surface area (Å²) in [5.74, 6) is 0.174. The first-order valence-corrected chi connectivity index (χ1v) is 10.1. The van der Waals surface area contributed by atoms with Crippen molar-refractivity contribution in [2.24, 2.45) is 5.92 Å². The van der Waals surface area contributed by atoms with Crippen LogP contribution in [0.25, 0.3) is 0 Å².